The van der Waals surface area contributed by atoms with Crippen LogP contribution in [-0.2, 0) is 21.4 Å². The summed E-state index contributed by atoms with van der Waals surface area (Å²) in [7, 11) is -2.14. The number of hydrogen-bond acceptors (Lipinski definition) is 4. The van der Waals surface area contributed by atoms with Gasteiger partial charge in [-0.2, -0.15) is 4.31 Å². The second-order valence-electron chi connectivity index (χ2n) is 6.56. The predicted octanol–water partition coefficient (Wildman–Crippen LogP) is 3.66. The molecule has 0 bridgehead atoms. The molecule has 3 aromatic rings. The van der Waals surface area contributed by atoms with Gasteiger partial charge in [0.15, 0.2) is 6.61 Å². The number of nitrogens with one attached hydrogen (secondary N) is 1. The van der Waals surface area contributed by atoms with Crippen molar-refractivity contribution in [3.8, 4) is 5.75 Å². The Kier molecular flexibility index (Phi) is 6.81. The molecule has 0 heterocycles. The van der Waals surface area contributed by atoms with Crippen molar-refractivity contribution in [3.05, 3.63) is 90.2 Å². The quantitative estimate of drug-likeness (QED) is 0.594. The van der Waals surface area contributed by atoms with Crippen LogP contribution in [0.15, 0.2) is 83.8 Å². The van der Waals surface area contributed by atoms with Crippen molar-refractivity contribution in [2.75, 3.05) is 19.0 Å². The molecule has 3 aromatic carbocycles. The molecule has 1 amide bonds. The highest BCUT2D eigenvalue weighted by molar-refractivity contribution is 7.89. The average molecular weight is 428 g/mol. The molecule has 30 heavy (non-hydrogen) atoms. The monoisotopic (exact) mass is 428 g/mol. The maximum atomic E-state index is 12.9. The summed E-state index contributed by atoms with van der Waals surface area (Å²) in [5.41, 5.74) is 1.34. The third kappa shape index (κ3) is 5.65. The van der Waals surface area contributed by atoms with Gasteiger partial charge in [0.2, 0.25) is 10.0 Å². The Hall–Kier alpha value is -3.23. The van der Waals surface area contributed by atoms with Crippen LogP contribution in [0.5, 0.6) is 5.75 Å². The van der Waals surface area contributed by atoms with Crippen molar-refractivity contribution < 1.29 is 22.3 Å². The summed E-state index contributed by atoms with van der Waals surface area (Å²) in [5, 5.41) is 2.58. The van der Waals surface area contributed by atoms with E-state index in [-0.39, 0.29) is 18.0 Å². The van der Waals surface area contributed by atoms with Crippen molar-refractivity contribution in [2.45, 2.75) is 11.4 Å². The summed E-state index contributed by atoms with van der Waals surface area (Å²) < 4.78 is 45.0. The highest BCUT2D eigenvalue weighted by Crippen LogP contribution is 2.20. The lowest BCUT2D eigenvalue weighted by molar-refractivity contribution is -0.118. The fraction of sp³-hybridized carbons (Fsp3) is 0.136. The van der Waals surface area contributed by atoms with Gasteiger partial charge >= 0.3 is 0 Å². The minimum Gasteiger partial charge on any atom is -0.484 e. The first-order valence-electron chi connectivity index (χ1n) is 9.13. The number of nitrogens with zero attached hydrogens (tertiary/aromatic N) is 1. The van der Waals surface area contributed by atoms with Gasteiger partial charge in [-0.25, -0.2) is 12.8 Å². The second-order valence-corrected chi connectivity index (χ2v) is 8.61. The molecular formula is C22H21FN2O4S. The highest BCUT2D eigenvalue weighted by atomic mass is 32.2. The van der Waals surface area contributed by atoms with Gasteiger partial charge in [0.05, 0.1) is 4.90 Å². The van der Waals surface area contributed by atoms with Crippen LogP contribution in [0.4, 0.5) is 10.1 Å². The van der Waals surface area contributed by atoms with E-state index in [4.69, 9.17) is 4.74 Å². The molecule has 0 spiro atoms. The fourth-order valence-corrected chi connectivity index (χ4v) is 3.85. The first kappa shape index (κ1) is 21.5. The maximum Gasteiger partial charge on any atom is 0.262 e. The van der Waals surface area contributed by atoms with E-state index in [0.717, 1.165) is 5.56 Å². The van der Waals surface area contributed by atoms with E-state index in [9.17, 15) is 17.6 Å². The standard InChI is InChI=1S/C22H21FN2O4S/c1-25(15-17-5-3-2-4-6-17)30(27,28)21-13-11-20(12-14-21)29-16-22(26)24-19-9-7-18(23)8-10-19/h2-14H,15-16H2,1H3,(H,24,26). The molecule has 156 valence electrons. The fourth-order valence-electron chi connectivity index (χ4n) is 2.69. The van der Waals surface area contributed by atoms with Gasteiger partial charge in [0, 0.05) is 19.3 Å². The Morgan fingerprint density at radius 2 is 1.60 bits per heavy atom. The average Bonchev–Trinajstić information content (AvgIpc) is 2.75. The summed E-state index contributed by atoms with van der Waals surface area (Å²) in [6, 6.07) is 20.5. The molecule has 1 N–H and O–H groups in total. The first-order chi connectivity index (χ1) is 14.3. The highest BCUT2D eigenvalue weighted by Gasteiger charge is 2.21. The van der Waals surface area contributed by atoms with Gasteiger partial charge in [-0.15, -0.1) is 0 Å². The largest absolute Gasteiger partial charge is 0.484 e. The third-order valence-electron chi connectivity index (χ3n) is 4.28. The number of hydrogen-bond donors (Lipinski definition) is 1. The normalized spacial score (nSPS) is 11.3. The van der Waals surface area contributed by atoms with E-state index in [1.165, 1.54) is 59.9 Å². The molecule has 3 rings (SSSR count). The number of carbonyl (C=O) groups excluding carboxylic acids is 1. The van der Waals surface area contributed by atoms with Crippen LogP contribution in [0.2, 0.25) is 0 Å². The molecule has 0 saturated heterocycles. The Bertz CT molecular complexity index is 1090. The number of carbonyl (C=O) groups is 1. The molecule has 0 aliphatic rings. The number of sulfonamides is 1. The van der Waals surface area contributed by atoms with E-state index in [0.29, 0.717) is 11.4 Å². The van der Waals surface area contributed by atoms with E-state index in [1.54, 1.807) is 0 Å². The van der Waals surface area contributed by atoms with Crippen molar-refractivity contribution in [3.63, 3.8) is 0 Å². The molecule has 0 aliphatic heterocycles. The summed E-state index contributed by atoms with van der Waals surface area (Å²) in [4.78, 5) is 12.1. The van der Waals surface area contributed by atoms with Crippen LogP contribution in [0.1, 0.15) is 5.56 Å². The van der Waals surface area contributed by atoms with Gasteiger partial charge in [0.1, 0.15) is 11.6 Å². The van der Waals surface area contributed by atoms with E-state index in [2.05, 4.69) is 5.32 Å². The Morgan fingerprint density at radius 1 is 0.967 bits per heavy atom. The number of halogens is 1. The van der Waals surface area contributed by atoms with Gasteiger partial charge in [-0.05, 0) is 54.1 Å². The van der Waals surface area contributed by atoms with Crippen LogP contribution < -0.4 is 10.1 Å². The van der Waals surface area contributed by atoms with Gasteiger partial charge in [0.25, 0.3) is 5.91 Å². The lowest BCUT2D eigenvalue weighted by atomic mass is 10.2. The number of rotatable bonds is 8. The molecule has 0 radical (unpaired) electrons. The zero-order valence-corrected chi connectivity index (χ0v) is 17.1. The summed E-state index contributed by atoms with van der Waals surface area (Å²) in [6.07, 6.45) is 0. The van der Waals surface area contributed by atoms with Crippen LogP contribution in [0, 0.1) is 5.82 Å². The van der Waals surface area contributed by atoms with Gasteiger partial charge < -0.3 is 10.1 Å². The molecule has 0 fully saturated rings. The molecule has 0 aromatic heterocycles. The Balaban J connectivity index is 1.57. The van der Waals surface area contributed by atoms with Crippen molar-refractivity contribution in [1.29, 1.82) is 0 Å². The van der Waals surface area contributed by atoms with E-state index in [1.807, 2.05) is 30.3 Å². The lowest BCUT2D eigenvalue weighted by Gasteiger charge is -2.17. The second kappa shape index (κ2) is 9.51. The number of benzene rings is 3. The number of anilines is 1. The zero-order chi connectivity index (χ0) is 21.6. The molecule has 6 nitrogen and oxygen atoms in total. The van der Waals surface area contributed by atoms with Crippen molar-refractivity contribution in [2.24, 2.45) is 0 Å². The van der Waals surface area contributed by atoms with Crippen LogP contribution in [-0.4, -0.2) is 32.3 Å². The predicted molar refractivity (Wildman–Crippen MR) is 112 cm³/mol. The molecule has 8 heteroatoms. The zero-order valence-electron chi connectivity index (χ0n) is 16.3. The summed E-state index contributed by atoms with van der Waals surface area (Å²) in [5.74, 6) is -0.455. The Morgan fingerprint density at radius 3 is 2.23 bits per heavy atom. The van der Waals surface area contributed by atoms with Crippen molar-refractivity contribution in [1.82, 2.24) is 4.31 Å². The lowest BCUT2D eigenvalue weighted by Crippen LogP contribution is -2.26. The van der Waals surface area contributed by atoms with Crippen LogP contribution >= 0.6 is 0 Å². The van der Waals surface area contributed by atoms with Gasteiger partial charge in [-0.1, -0.05) is 30.3 Å². The number of ether oxygens (including phenoxy) is 1. The third-order valence-corrected chi connectivity index (χ3v) is 6.10. The van der Waals surface area contributed by atoms with Gasteiger partial charge in [-0.3, -0.25) is 4.79 Å². The summed E-state index contributed by atoms with van der Waals surface area (Å²) >= 11 is 0. The van der Waals surface area contributed by atoms with Crippen LogP contribution in [0.25, 0.3) is 0 Å². The van der Waals surface area contributed by atoms with Crippen molar-refractivity contribution >= 4 is 21.6 Å². The topological polar surface area (TPSA) is 75.7 Å². The molecular weight excluding hydrogens is 407 g/mol. The minimum absolute atomic E-state index is 0.129. The SMILES string of the molecule is CN(Cc1ccccc1)S(=O)(=O)c1ccc(OCC(=O)Nc2ccc(F)cc2)cc1. The molecule has 0 atom stereocenters. The molecule has 0 saturated carbocycles. The van der Waals surface area contributed by atoms with E-state index < -0.39 is 21.7 Å². The van der Waals surface area contributed by atoms with E-state index >= 15 is 0 Å². The van der Waals surface area contributed by atoms with Crippen LogP contribution in [0.3, 0.4) is 0 Å². The molecule has 0 aliphatic carbocycles. The molecule has 0 unspecified atom stereocenters. The smallest absolute Gasteiger partial charge is 0.262 e. The minimum atomic E-state index is -3.66. The Labute approximate surface area is 175 Å². The summed E-state index contributed by atoms with van der Waals surface area (Å²) in [6.45, 7) is -0.0115. The number of amides is 1. The maximum absolute atomic E-state index is 12.9. The first-order valence-corrected chi connectivity index (χ1v) is 10.6.